The Morgan fingerprint density at radius 3 is 2.27 bits per heavy atom. The van der Waals surface area contributed by atoms with Gasteiger partial charge in [-0.25, -0.2) is 4.79 Å². The molecule has 5 nitrogen and oxygen atoms in total. The number of ether oxygens (including phenoxy) is 1. The summed E-state index contributed by atoms with van der Waals surface area (Å²) in [5, 5.41) is 0.135. The van der Waals surface area contributed by atoms with Crippen LogP contribution in [0.3, 0.4) is 0 Å². The number of piperazine rings is 1. The van der Waals surface area contributed by atoms with Gasteiger partial charge in [-0.2, -0.15) is 0 Å². The average molecular weight is 377 g/mol. The smallest absolute Gasteiger partial charge is 0.410 e. The van der Waals surface area contributed by atoms with Crippen molar-refractivity contribution in [2.45, 2.75) is 33.3 Å². The number of amides is 1. The molecule has 1 aromatic carbocycles. The maximum atomic E-state index is 12.1. The lowest BCUT2D eigenvalue weighted by Crippen LogP contribution is -2.50. The molecule has 1 saturated heterocycles. The molecule has 0 saturated carbocycles. The molecular weight excluding hydrogens is 348 g/mol. The van der Waals surface area contributed by atoms with Gasteiger partial charge >= 0.3 is 6.09 Å². The first-order valence-corrected chi connectivity index (χ1v) is 9.86. The van der Waals surface area contributed by atoms with Crippen LogP contribution in [-0.2, 0) is 9.53 Å². The number of anilines is 1. The minimum Gasteiger partial charge on any atom is -0.444 e. The van der Waals surface area contributed by atoms with Crippen molar-refractivity contribution in [2.75, 3.05) is 36.8 Å². The summed E-state index contributed by atoms with van der Waals surface area (Å²) in [5.41, 5.74) is 1.81. The van der Waals surface area contributed by atoms with E-state index in [-0.39, 0.29) is 11.2 Å². The second-order valence-electron chi connectivity index (χ2n) is 7.25. The minimum absolute atomic E-state index is 0.135. The molecule has 1 heterocycles. The number of hydrogen-bond donors (Lipinski definition) is 0. The Morgan fingerprint density at radius 2 is 1.73 bits per heavy atom. The van der Waals surface area contributed by atoms with Crippen molar-refractivity contribution in [2.24, 2.45) is 0 Å². The lowest BCUT2D eigenvalue weighted by atomic mass is 10.1. The summed E-state index contributed by atoms with van der Waals surface area (Å²) in [4.78, 5) is 27.1. The zero-order chi connectivity index (χ0) is 19.2. The lowest BCUT2D eigenvalue weighted by molar-refractivity contribution is -0.109. The second-order valence-corrected chi connectivity index (χ2v) is 8.45. The number of hydrogen-bond acceptors (Lipinski definition) is 5. The largest absolute Gasteiger partial charge is 0.444 e. The van der Waals surface area contributed by atoms with Gasteiger partial charge in [-0.3, -0.25) is 4.79 Å². The van der Waals surface area contributed by atoms with Crippen LogP contribution in [0.4, 0.5) is 10.5 Å². The summed E-state index contributed by atoms with van der Waals surface area (Å²) in [5.74, 6) is 0.698. The van der Waals surface area contributed by atoms with E-state index in [1.165, 1.54) is 11.8 Å². The van der Waals surface area contributed by atoms with Crippen LogP contribution in [0.25, 0.3) is 6.08 Å². The summed E-state index contributed by atoms with van der Waals surface area (Å²) >= 11 is 1.31. The highest BCUT2D eigenvalue weighted by Gasteiger charge is 2.25. The lowest BCUT2D eigenvalue weighted by Gasteiger charge is -2.36. The van der Waals surface area contributed by atoms with Gasteiger partial charge in [-0.05, 0) is 38.5 Å². The molecule has 0 aromatic heterocycles. The van der Waals surface area contributed by atoms with Gasteiger partial charge in [0.05, 0.1) is 0 Å². The first-order chi connectivity index (χ1) is 12.2. The Bertz CT molecular complexity index is 642. The Hall–Kier alpha value is -1.95. The van der Waals surface area contributed by atoms with Gasteiger partial charge in [-0.15, -0.1) is 0 Å². The van der Waals surface area contributed by atoms with Crippen LogP contribution < -0.4 is 4.90 Å². The molecule has 2 rings (SSSR count). The molecule has 0 aliphatic carbocycles. The highest BCUT2D eigenvalue weighted by Crippen LogP contribution is 2.19. The number of benzene rings is 1. The third kappa shape index (κ3) is 6.75. The summed E-state index contributed by atoms with van der Waals surface area (Å²) in [6, 6.07) is 8.34. The SMILES string of the molecule is CC(=O)SCC=Cc1ccc(N2CCN(C(=O)OC(C)(C)C)CC2)cc1. The quantitative estimate of drug-likeness (QED) is 0.794. The predicted octanol–water partition coefficient (Wildman–Crippen LogP) is 4.04. The summed E-state index contributed by atoms with van der Waals surface area (Å²) in [7, 11) is 0. The van der Waals surface area contributed by atoms with Crippen molar-refractivity contribution in [3.63, 3.8) is 0 Å². The summed E-state index contributed by atoms with van der Waals surface area (Å²) in [6.07, 6.45) is 3.79. The molecule has 0 radical (unpaired) electrons. The van der Waals surface area contributed by atoms with Crippen molar-refractivity contribution in [3.05, 3.63) is 35.9 Å². The number of thioether (sulfide) groups is 1. The van der Waals surface area contributed by atoms with Crippen LogP contribution in [-0.4, -0.2) is 53.6 Å². The molecule has 1 aromatic rings. The Morgan fingerprint density at radius 1 is 1.12 bits per heavy atom. The van der Waals surface area contributed by atoms with Crippen molar-refractivity contribution >= 4 is 34.7 Å². The molecule has 6 heteroatoms. The molecule has 0 N–H and O–H groups in total. The summed E-state index contributed by atoms with van der Waals surface area (Å²) in [6.45, 7) is 10.2. The van der Waals surface area contributed by atoms with Crippen molar-refractivity contribution in [1.82, 2.24) is 4.90 Å². The molecule has 0 spiro atoms. The third-order valence-corrected chi connectivity index (χ3v) is 4.65. The topological polar surface area (TPSA) is 49.9 Å². The van der Waals surface area contributed by atoms with E-state index in [0.29, 0.717) is 18.8 Å². The van der Waals surface area contributed by atoms with Crippen LogP contribution in [0.15, 0.2) is 30.3 Å². The monoisotopic (exact) mass is 376 g/mol. The molecule has 142 valence electrons. The fourth-order valence-corrected chi connectivity index (χ4v) is 3.05. The van der Waals surface area contributed by atoms with E-state index < -0.39 is 5.60 Å². The van der Waals surface area contributed by atoms with E-state index in [1.807, 2.05) is 32.9 Å². The van der Waals surface area contributed by atoms with Gasteiger partial charge < -0.3 is 14.5 Å². The first kappa shape index (κ1) is 20.4. The van der Waals surface area contributed by atoms with Crippen LogP contribution in [0.2, 0.25) is 0 Å². The highest BCUT2D eigenvalue weighted by atomic mass is 32.2. The molecule has 0 unspecified atom stereocenters. The molecule has 1 aliphatic rings. The average Bonchev–Trinajstić information content (AvgIpc) is 2.58. The zero-order valence-corrected chi connectivity index (χ0v) is 16.8. The first-order valence-electron chi connectivity index (χ1n) is 8.87. The van der Waals surface area contributed by atoms with Crippen molar-refractivity contribution in [1.29, 1.82) is 0 Å². The van der Waals surface area contributed by atoms with E-state index in [4.69, 9.17) is 4.74 Å². The number of carbonyl (C=O) groups is 2. The van der Waals surface area contributed by atoms with Gasteiger partial charge in [0.1, 0.15) is 5.60 Å². The van der Waals surface area contributed by atoms with E-state index in [0.717, 1.165) is 24.3 Å². The molecular formula is C20H28N2O3S. The standard InChI is InChI=1S/C20H28N2O3S/c1-16(23)26-15-5-6-17-7-9-18(10-8-17)21-11-13-22(14-12-21)19(24)25-20(2,3)4/h5-10H,11-15H2,1-4H3. The zero-order valence-electron chi connectivity index (χ0n) is 16.0. The highest BCUT2D eigenvalue weighted by molar-refractivity contribution is 8.13. The van der Waals surface area contributed by atoms with Crippen molar-refractivity contribution < 1.29 is 14.3 Å². The van der Waals surface area contributed by atoms with E-state index >= 15 is 0 Å². The molecule has 1 amide bonds. The van der Waals surface area contributed by atoms with Gasteiger partial charge in [0.15, 0.2) is 5.12 Å². The fraction of sp³-hybridized carbons (Fsp3) is 0.500. The second kappa shape index (κ2) is 9.12. The minimum atomic E-state index is -0.458. The number of carbonyl (C=O) groups excluding carboxylic acids is 2. The van der Waals surface area contributed by atoms with Crippen LogP contribution in [0, 0.1) is 0 Å². The van der Waals surface area contributed by atoms with Gasteiger partial charge in [0.25, 0.3) is 0 Å². The summed E-state index contributed by atoms with van der Waals surface area (Å²) < 4.78 is 5.43. The van der Waals surface area contributed by atoms with E-state index in [9.17, 15) is 9.59 Å². The molecule has 0 bridgehead atoms. The van der Waals surface area contributed by atoms with Gasteiger partial charge in [-0.1, -0.05) is 36.0 Å². The van der Waals surface area contributed by atoms with Crippen LogP contribution in [0.5, 0.6) is 0 Å². The van der Waals surface area contributed by atoms with E-state index in [2.05, 4.69) is 29.2 Å². The Kier molecular flexibility index (Phi) is 7.14. The van der Waals surface area contributed by atoms with Gasteiger partial charge in [0, 0.05) is 44.5 Å². The normalized spacial score (nSPS) is 15.4. The van der Waals surface area contributed by atoms with E-state index in [1.54, 1.807) is 11.8 Å². The van der Waals surface area contributed by atoms with Crippen LogP contribution >= 0.6 is 11.8 Å². The number of rotatable bonds is 4. The predicted molar refractivity (Wildman–Crippen MR) is 109 cm³/mol. The maximum Gasteiger partial charge on any atom is 0.410 e. The maximum absolute atomic E-state index is 12.1. The molecule has 0 atom stereocenters. The third-order valence-electron chi connectivity index (χ3n) is 3.88. The fourth-order valence-electron chi connectivity index (χ4n) is 2.62. The Balaban J connectivity index is 1.84. The van der Waals surface area contributed by atoms with Crippen LogP contribution in [0.1, 0.15) is 33.3 Å². The molecule has 26 heavy (non-hydrogen) atoms. The molecule has 1 fully saturated rings. The number of nitrogens with zero attached hydrogens (tertiary/aromatic N) is 2. The van der Waals surface area contributed by atoms with Crippen molar-refractivity contribution in [3.8, 4) is 0 Å². The molecule has 1 aliphatic heterocycles. The Labute approximate surface area is 160 Å². The van der Waals surface area contributed by atoms with Gasteiger partial charge in [0.2, 0.25) is 0 Å².